The first-order valence-electron chi connectivity index (χ1n) is 6.79. The molecule has 19 heavy (non-hydrogen) atoms. The quantitative estimate of drug-likeness (QED) is 0.794. The topological polar surface area (TPSA) is 67.3 Å². The Balaban J connectivity index is 2.73. The van der Waals surface area contributed by atoms with Gasteiger partial charge in [0.2, 0.25) is 5.88 Å². The van der Waals surface area contributed by atoms with Crippen molar-refractivity contribution in [1.29, 1.82) is 0 Å². The maximum atomic E-state index is 9.15. The molecule has 0 bridgehead atoms. The zero-order chi connectivity index (χ0) is 14.3. The number of aliphatic hydroxyl groups is 1. The van der Waals surface area contributed by atoms with Crippen LogP contribution in [-0.2, 0) is 0 Å². The van der Waals surface area contributed by atoms with E-state index in [-0.39, 0.29) is 18.1 Å². The fourth-order valence-electron chi connectivity index (χ4n) is 1.73. The largest absolute Gasteiger partial charge is 0.478 e. The summed E-state index contributed by atoms with van der Waals surface area (Å²) in [6, 6.07) is 1.94. The number of ether oxygens (including phenoxy) is 1. The van der Waals surface area contributed by atoms with Crippen molar-refractivity contribution in [2.45, 2.75) is 46.6 Å². The van der Waals surface area contributed by atoms with Gasteiger partial charge in [0.25, 0.3) is 0 Å². The molecule has 0 spiro atoms. The van der Waals surface area contributed by atoms with E-state index in [0.29, 0.717) is 18.9 Å². The lowest BCUT2D eigenvalue weighted by Crippen LogP contribution is -2.35. The molecule has 0 amide bonds. The van der Waals surface area contributed by atoms with Crippen molar-refractivity contribution in [2.75, 3.05) is 18.5 Å². The number of aliphatic hydroxyl groups excluding tert-OH is 1. The second-order valence-electron chi connectivity index (χ2n) is 5.67. The third kappa shape index (κ3) is 5.42. The highest BCUT2D eigenvalue weighted by Gasteiger charge is 2.24. The van der Waals surface area contributed by atoms with Crippen LogP contribution in [-0.4, -0.2) is 34.3 Å². The number of nitrogens with one attached hydrogen (secondary N) is 1. The second-order valence-corrected chi connectivity index (χ2v) is 5.67. The maximum absolute atomic E-state index is 9.15. The highest BCUT2D eigenvalue weighted by molar-refractivity contribution is 5.38. The molecular formula is C14H25N3O2. The van der Waals surface area contributed by atoms with Gasteiger partial charge < -0.3 is 15.2 Å². The van der Waals surface area contributed by atoms with Gasteiger partial charge in [0, 0.05) is 18.7 Å². The molecule has 0 fully saturated rings. The highest BCUT2D eigenvalue weighted by atomic mass is 16.5. The Bertz CT molecular complexity index is 377. The molecule has 108 valence electrons. The summed E-state index contributed by atoms with van der Waals surface area (Å²) < 4.78 is 5.48. The fraction of sp³-hybridized carbons (Fsp3) is 0.714. The molecule has 5 heteroatoms. The molecular weight excluding hydrogens is 242 g/mol. The molecule has 1 aromatic heterocycles. The van der Waals surface area contributed by atoms with E-state index in [4.69, 9.17) is 9.84 Å². The first-order chi connectivity index (χ1) is 8.97. The number of anilines is 1. The molecule has 0 aromatic carbocycles. The van der Waals surface area contributed by atoms with Crippen LogP contribution in [0.15, 0.2) is 12.4 Å². The lowest BCUT2D eigenvalue weighted by atomic mass is 9.85. The lowest BCUT2D eigenvalue weighted by Gasteiger charge is -2.31. The lowest BCUT2D eigenvalue weighted by molar-refractivity contribution is 0.235. The smallest absolute Gasteiger partial charge is 0.218 e. The zero-order valence-corrected chi connectivity index (χ0v) is 12.3. The number of nitrogens with zero attached hydrogens (tertiary/aromatic N) is 2. The Hall–Kier alpha value is -1.36. The van der Waals surface area contributed by atoms with E-state index in [2.05, 4.69) is 43.0 Å². The first-order valence-corrected chi connectivity index (χ1v) is 6.79. The van der Waals surface area contributed by atoms with Crippen molar-refractivity contribution in [3.8, 4) is 5.88 Å². The summed E-state index contributed by atoms with van der Waals surface area (Å²) >= 11 is 0. The molecule has 0 aliphatic rings. The first kappa shape index (κ1) is 15.7. The van der Waals surface area contributed by atoms with Crippen LogP contribution < -0.4 is 10.1 Å². The van der Waals surface area contributed by atoms with E-state index < -0.39 is 0 Å². The Morgan fingerprint density at radius 2 is 2.11 bits per heavy atom. The van der Waals surface area contributed by atoms with E-state index in [1.54, 1.807) is 6.07 Å². The van der Waals surface area contributed by atoms with Gasteiger partial charge in [0.15, 0.2) is 0 Å². The van der Waals surface area contributed by atoms with Gasteiger partial charge in [-0.2, -0.15) is 0 Å². The Morgan fingerprint density at radius 3 is 2.68 bits per heavy atom. The minimum atomic E-state index is 0.0398. The van der Waals surface area contributed by atoms with E-state index >= 15 is 0 Å². The van der Waals surface area contributed by atoms with Crippen LogP contribution >= 0.6 is 0 Å². The van der Waals surface area contributed by atoms with E-state index in [1.165, 1.54) is 6.33 Å². The standard InChI is InChI=1S/C14H25N3O2/c1-5-8-19-13-9-12(15-10-16-13)17-11(6-7-18)14(2,3)4/h9-11,18H,5-8H2,1-4H3,(H,15,16,17). The van der Waals surface area contributed by atoms with Crippen LogP contribution in [0.1, 0.15) is 40.5 Å². The maximum Gasteiger partial charge on any atom is 0.218 e. The van der Waals surface area contributed by atoms with Gasteiger partial charge in [-0.3, -0.25) is 0 Å². The normalized spacial score (nSPS) is 13.1. The average Bonchev–Trinajstić information content (AvgIpc) is 2.35. The van der Waals surface area contributed by atoms with Crippen molar-refractivity contribution < 1.29 is 9.84 Å². The number of rotatable bonds is 7. The van der Waals surface area contributed by atoms with Crippen LogP contribution in [0.3, 0.4) is 0 Å². The molecule has 0 aliphatic heterocycles. The van der Waals surface area contributed by atoms with Gasteiger partial charge in [-0.15, -0.1) is 0 Å². The van der Waals surface area contributed by atoms with Crippen molar-refractivity contribution in [2.24, 2.45) is 5.41 Å². The third-order valence-electron chi connectivity index (χ3n) is 2.88. The predicted molar refractivity (Wildman–Crippen MR) is 76.4 cm³/mol. The highest BCUT2D eigenvalue weighted by Crippen LogP contribution is 2.25. The summed E-state index contributed by atoms with van der Waals surface area (Å²) in [7, 11) is 0. The molecule has 1 unspecified atom stereocenters. The Kier molecular flexibility index (Phi) is 6.02. The molecule has 1 heterocycles. The van der Waals surface area contributed by atoms with Crippen LogP contribution in [0.25, 0.3) is 0 Å². The monoisotopic (exact) mass is 267 g/mol. The van der Waals surface area contributed by atoms with Crippen LogP contribution in [0.4, 0.5) is 5.82 Å². The zero-order valence-electron chi connectivity index (χ0n) is 12.3. The number of hydrogen-bond acceptors (Lipinski definition) is 5. The number of hydrogen-bond donors (Lipinski definition) is 2. The summed E-state index contributed by atoms with van der Waals surface area (Å²) in [6.45, 7) is 9.26. The molecule has 2 N–H and O–H groups in total. The van der Waals surface area contributed by atoms with E-state index in [0.717, 1.165) is 12.2 Å². The summed E-state index contributed by atoms with van der Waals surface area (Å²) in [5, 5.41) is 12.5. The predicted octanol–water partition coefficient (Wildman–Crippen LogP) is 2.47. The molecule has 0 radical (unpaired) electrons. The summed E-state index contributed by atoms with van der Waals surface area (Å²) in [5.41, 5.74) is 0.0398. The summed E-state index contributed by atoms with van der Waals surface area (Å²) in [6.07, 6.45) is 3.12. The van der Waals surface area contributed by atoms with Crippen molar-refractivity contribution in [1.82, 2.24) is 9.97 Å². The minimum Gasteiger partial charge on any atom is -0.478 e. The minimum absolute atomic E-state index is 0.0398. The van der Waals surface area contributed by atoms with Crippen molar-refractivity contribution >= 4 is 5.82 Å². The molecule has 1 aromatic rings. The summed E-state index contributed by atoms with van der Waals surface area (Å²) in [5.74, 6) is 1.31. The van der Waals surface area contributed by atoms with Gasteiger partial charge in [0.1, 0.15) is 12.1 Å². The SMILES string of the molecule is CCCOc1cc(NC(CCO)C(C)(C)C)ncn1. The fourth-order valence-corrected chi connectivity index (χ4v) is 1.73. The molecule has 0 saturated carbocycles. The van der Waals surface area contributed by atoms with Crippen LogP contribution in [0.2, 0.25) is 0 Å². The van der Waals surface area contributed by atoms with Crippen LogP contribution in [0, 0.1) is 5.41 Å². The van der Waals surface area contributed by atoms with Gasteiger partial charge in [0.05, 0.1) is 6.61 Å². The molecule has 0 saturated heterocycles. The van der Waals surface area contributed by atoms with Crippen molar-refractivity contribution in [3.05, 3.63) is 12.4 Å². The Morgan fingerprint density at radius 1 is 1.37 bits per heavy atom. The van der Waals surface area contributed by atoms with Gasteiger partial charge >= 0.3 is 0 Å². The molecule has 1 atom stereocenters. The molecule has 0 aliphatic carbocycles. The van der Waals surface area contributed by atoms with Crippen LogP contribution in [0.5, 0.6) is 5.88 Å². The second kappa shape index (κ2) is 7.28. The number of aromatic nitrogens is 2. The average molecular weight is 267 g/mol. The van der Waals surface area contributed by atoms with E-state index in [1.807, 2.05) is 0 Å². The van der Waals surface area contributed by atoms with Gasteiger partial charge in [-0.1, -0.05) is 27.7 Å². The van der Waals surface area contributed by atoms with E-state index in [9.17, 15) is 0 Å². The van der Waals surface area contributed by atoms with Gasteiger partial charge in [-0.25, -0.2) is 9.97 Å². The van der Waals surface area contributed by atoms with Gasteiger partial charge in [-0.05, 0) is 18.3 Å². The van der Waals surface area contributed by atoms with Crippen molar-refractivity contribution in [3.63, 3.8) is 0 Å². The molecule has 1 rings (SSSR count). The summed E-state index contributed by atoms with van der Waals surface area (Å²) in [4.78, 5) is 8.27. The third-order valence-corrected chi connectivity index (χ3v) is 2.88. The Labute approximate surface area is 115 Å². The molecule has 5 nitrogen and oxygen atoms in total.